The number of piperazine rings is 1. The molecular weight excluding hydrogens is 526 g/mol. The maximum Gasteiger partial charge on any atom is 0.231 e. The molecule has 0 spiro atoms. The number of likely N-dealkylation sites (tertiary alicyclic amines) is 1. The topological polar surface area (TPSA) is 98.0 Å². The maximum absolute atomic E-state index is 13.3. The van der Waals surface area contributed by atoms with Gasteiger partial charge in [-0.15, -0.1) is 0 Å². The number of pyridine rings is 1. The number of amides is 2. The Bertz CT molecular complexity index is 1240. The summed E-state index contributed by atoms with van der Waals surface area (Å²) < 4.78 is 0. The summed E-state index contributed by atoms with van der Waals surface area (Å²) >= 11 is 0. The zero-order valence-electron chi connectivity index (χ0n) is 24.7. The quantitative estimate of drug-likeness (QED) is 0.548. The van der Waals surface area contributed by atoms with Crippen molar-refractivity contribution < 1.29 is 9.59 Å². The fraction of sp³-hybridized carbons (Fsp3) is 0.545. The Kier molecular flexibility index (Phi) is 8.65. The van der Waals surface area contributed by atoms with Gasteiger partial charge in [0.25, 0.3) is 0 Å². The molecule has 9 nitrogen and oxygen atoms in total. The minimum atomic E-state index is -0.0713. The average molecular weight is 572 g/mol. The molecule has 1 aromatic heterocycles. The summed E-state index contributed by atoms with van der Waals surface area (Å²) in [4.78, 5) is 39.3. The molecule has 4 aliphatic heterocycles. The molecule has 6 rings (SSSR count). The molecule has 1 atom stereocenters. The number of rotatable bonds is 6. The molecule has 4 saturated heterocycles. The lowest BCUT2D eigenvalue weighted by atomic mass is 9.89. The molecule has 3 N–H and O–H groups in total. The first-order chi connectivity index (χ1) is 20.4. The van der Waals surface area contributed by atoms with Crippen molar-refractivity contribution in [2.45, 2.75) is 44.4 Å². The second kappa shape index (κ2) is 12.7. The van der Waals surface area contributed by atoms with Crippen molar-refractivity contribution in [3.8, 4) is 0 Å². The molecular formula is C33H45N7O2. The monoisotopic (exact) mass is 571 g/mol. The smallest absolute Gasteiger partial charge is 0.231 e. The molecule has 1 unspecified atom stereocenters. The Morgan fingerprint density at radius 3 is 2.17 bits per heavy atom. The number of hydrogen-bond donors (Lipinski definition) is 2. The van der Waals surface area contributed by atoms with E-state index in [2.05, 4.69) is 60.7 Å². The first kappa shape index (κ1) is 28.5. The first-order valence-corrected chi connectivity index (χ1v) is 15.7. The number of allylic oxidation sites excluding steroid dienone is 1. The number of nitrogen functional groups attached to an aromatic ring is 1. The van der Waals surface area contributed by atoms with Gasteiger partial charge in [-0.1, -0.05) is 18.7 Å². The molecule has 0 bridgehead atoms. The van der Waals surface area contributed by atoms with E-state index in [4.69, 9.17) is 5.73 Å². The number of nitrogens with one attached hydrogen (secondary N) is 1. The lowest BCUT2D eigenvalue weighted by molar-refractivity contribution is -0.137. The zero-order chi connectivity index (χ0) is 29.1. The normalized spacial score (nSPS) is 23.2. The molecule has 0 aliphatic carbocycles. The Labute approximate surface area is 249 Å². The van der Waals surface area contributed by atoms with Crippen molar-refractivity contribution in [3.05, 3.63) is 60.4 Å². The van der Waals surface area contributed by atoms with Crippen LogP contribution in [0.5, 0.6) is 0 Å². The van der Waals surface area contributed by atoms with E-state index >= 15 is 0 Å². The lowest BCUT2D eigenvalue weighted by Gasteiger charge is -2.40. The van der Waals surface area contributed by atoms with Gasteiger partial charge in [0.15, 0.2) is 0 Å². The number of carbonyl (C=O) groups excluding carboxylic acids is 2. The van der Waals surface area contributed by atoms with Crippen molar-refractivity contribution in [1.29, 1.82) is 0 Å². The van der Waals surface area contributed by atoms with Crippen LogP contribution in [0.3, 0.4) is 0 Å². The number of hydrogen-bond acceptors (Lipinski definition) is 7. The molecule has 42 heavy (non-hydrogen) atoms. The number of anilines is 3. The standard InChI is InChI=1S/C33H45N7O2/c1-24-2-8-30(32(41)36-24)26-3-5-28(6-4-26)38-16-10-25(11-17-38)23-37-14-12-27(13-15-37)33(42)40-20-18-39(19-21-40)29-7-9-31(34)35-22-29/h3-7,9,22,25,27,30H,1-2,8,10-21,23H2,(H2,34,35)(H,36,41). The number of piperidine rings is 3. The Balaban J connectivity index is 0.904. The van der Waals surface area contributed by atoms with Gasteiger partial charge in [0.05, 0.1) is 17.8 Å². The second-order valence-electron chi connectivity index (χ2n) is 12.5. The molecule has 9 heteroatoms. The van der Waals surface area contributed by atoms with Crippen LogP contribution in [0.2, 0.25) is 0 Å². The number of benzene rings is 1. The number of carbonyl (C=O) groups is 2. The molecule has 0 saturated carbocycles. The maximum atomic E-state index is 13.3. The van der Waals surface area contributed by atoms with E-state index in [-0.39, 0.29) is 17.7 Å². The molecule has 224 valence electrons. The zero-order valence-corrected chi connectivity index (χ0v) is 24.7. The van der Waals surface area contributed by atoms with Gasteiger partial charge in [0.2, 0.25) is 11.8 Å². The van der Waals surface area contributed by atoms with Gasteiger partial charge in [-0.05, 0) is 87.4 Å². The minimum Gasteiger partial charge on any atom is -0.384 e. The predicted octanol–water partition coefficient (Wildman–Crippen LogP) is 3.45. The summed E-state index contributed by atoms with van der Waals surface area (Å²) in [6.07, 6.45) is 7.84. The summed E-state index contributed by atoms with van der Waals surface area (Å²) in [5.41, 5.74) is 9.97. The van der Waals surface area contributed by atoms with Gasteiger partial charge in [0.1, 0.15) is 5.82 Å². The highest BCUT2D eigenvalue weighted by atomic mass is 16.2. The third-order valence-corrected chi connectivity index (χ3v) is 9.81. The fourth-order valence-electron chi connectivity index (χ4n) is 7.14. The van der Waals surface area contributed by atoms with Crippen molar-refractivity contribution in [2.75, 3.05) is 74.4 Å². The fourth-order valence-corrected chi connectivity index (χ4v) is 7.14. The molecule has 4 aliphatic rings. The van der Waals surface area contributed by atoms with Crippen LogP contribution in [0.15, 0.2) is 54.9 Å². The largest absolute Gasteiger partial charge is 0.384 e. The molecule has 0 radical (unpaired) electrons. The van der Waals surface area contributed by atoms with Crippen LogP contribution < -0.4 is 20.9 Å². The average Bonchev–Trinajstić information content (AvgIpc) is 3.02. The van der Waals surface area contributed by atoms with Gasteiger partial charge in [-0.25, -0.2) is 4.98 Å². The van der Waals surface area contributed by atoms with Gasteiger partial charge in [-0.3, -0.25) is 9.59 Å². The van der Waals surface area contributed by atoms with E-state index in [1.54, 1.807) is 0 Å². The van der Waals surface area contributed by atoms with Gasteiger partial charge in [0, 0.05) is 63.1 Å². The molecule has 2 aromatic rings. The van der Waals surface area contributed by atoms with Crippen molar-refractivity contribution >= 4 is 29.0 Å². The van der Waals surface area contributed by atoms with Gasteiger partial charge < -0.3 is 30.7 Å². The molecule has 1 aromatic carbocycles. The van der Waals surface area contributed by atoms with Crippen LogP contribution in [0.1, 0.15) is 50.0 Å². The predicted molar refractivity (Wildman–Crippen MR) is 167 cm³/mol. The first-order valence-electron chi connectivity index (χ1n) is 15.7. The van der Waals surface area contributed by atoms with Crippen LogP contribution in [-0.2, 0) is 9.59 Å². The van der Waals surface area contributed by atoms with Crippen LogP contribution >= 0.6 is 0 Å². The van der Waals surface area contributed by atoms with Gasteiger partial charge >= 0.3 is 0 Å². The second-order valence-corrected chi connectivity index (χ2v) is 12.5. The van der Waals surface area contributed by atoms with E-state index in [1.807, 2.05) is 18.3 Å². The summed E-state index contributed by atoms with van der Waals surface area (Å²) in [7, 11) is 0. The van der Waals surface area contributed by atoms with Crippen molar-refractivity contribution in [3.63, 3.8) is 0 Å². The molecule has 4 fully saturated rings. The highest BCUT2D eigenvalue weighted by molar-refractivity contribution is 5.86. The van der Waals surface area contributed by atoms with E-state index in [0.717, 1.165) is 102 Å². The minimum absolute atomic E-state index is 0.0689. The summed E-state index contributed by atoms with van der Waals surface area (Å²) in [5.74, 6) is 1.75. The van der Waals surface area contributed by atoms with E-state index in [1.165, 1.54) is 18.5 Å². The van der Waals surface area contributed by atoms with E-state index in [0.29, 0.717) is 17.6 Å². The van der Waals surface area contributed by atoms with E-state index < -0.39 is 0 Å². The highest BCUT2D eigenvalue weighted by Crippen LogP contribution is 2.31. The molecule has 5 heterocycles. The lowest BCUT2D eigenvalue weighted by Crippen LogP contribution is -2.52. The van der Waals surface area contributed by atoms with E-state index in [9.17, 15) is 9.59 Å². The van der Waals surface area contributed by atoms with Crippen LogP contribution in [-0.4, -0.2) is 85.5 Å². The summed E-state index contributed by atoms with van der Waals surface area (Å²) in [6, 6.07) is 12.5. The SMILES string of the molecule is C=C1CCC(c2ccc(N3CCC(CN4CCC(C(=O)N5CCN(c6ccc(N)nc6)CC5)CC4)CC3)cc2)C(=O)N1. The Morgan fingerprint density at radius 2 is 1.52 bits per heavy atom. The third kappa shape index (κ3) is 6.56. The third-order valence-electron chi connectivity index (χ3n) is 9.81. The van der Waals surface area contributed by atoms with Crippen LogP contribution in [0, 0.1) is 11.8 Å². The van der Waals surface area contributed by atoms with Crippen molar-refractivity contribution in [2.24, 2.45) is 11.8 Å². The summed E-state index contributed by atoms with van der Waals surface area (Å²) in [5, 5.41) is 2.90. The Morgan fingerprint density at radius 1 is 0.857 bits per heavy atom. The molecule has 2 amide bonds. The van der Waals surface area contributed by atoms with Crippen LogP contribution in [0.4, 0.5) is 17.2 Å². The number of nitrogens with two attached hydrogens (primary N) is 1. The summed E-state index contributed by atoms with van der Waals surface area (Å²) in [6.45, 7) is 12.5. The number of aromatic nitrogens is 1. The number of nitrogens with zero attached hydrogens (tertiary/aromatic N) is 5. The van der Waals surface area contributed by atoms with Crippen molar-refractivity contribution in [1.82, 2.24) is 20.1 Å². The highest BCUT2D eigenvalue weighted by Gasteiger charge is 2.32. The Hall–Kier alpha value is -3.59. The van der Waals surface area contributed by atoms with Gasteiger partial charge in [-0.2, -0.15) is 0 Å². The van der Waals surface area contributed by atoms with Crippen LogP contribution in [0.25, 0.3) is 0 Å².